The molecule has 0 bridgehead atoms. The molecule has 0 aromatic rings. The van der Waals surface area contributed by atoms with Crippen LogP contribution in [0.4, 0.5) is 0 Å². The lowest BCUT2D eigenvalue weighted by atomic mass is 9.56. The highest BCUT2D eigenvalue weighted by atomic mass is 16.5. The molecule has 2 saturated heterocycles. The van der Waals surface area contributed by atoms with Crippen molar-refractivity contribution in [2.45, 2.75) is 58.0 Å². The van der Waals surface area contributed by atoms with Crippen molar-refractivity contribution in [1.29, 1.82) is 0 Å². The van der Waals surface area contributed by atoms with Crippen LogP contribution >= 0.6 is 0 Å². The quantitative estimate of drug-likeness (QED) is 0.773. The molecule has 3 heteroatoms. The van der Waals surface area contributed by atoms with Crippen molar-refractivity contribution in [2.24, 2.45) is 16.7 Å². The SMILES string of the molecule is CCC1(C2CCC(OC)(C3(CC)COC3)CC2)COC1. The molecule has 20 heavy (non-hydrogen) atoms. The van der Waals surface area contributed by atoms with Crippen LogP contribution in [-0.2, 0) is 14.2 Å². The predicted octanol–water partition coefficient (Wildman–Crippen LogP) is 3.42. The van der Waals surface area contributed by atoms with E-state index in [1.165, 1.54) is 38.5 Å². The highest BCUT2D eigenvalue weighted by Crippen LogP contribution is 2.55. The largest absolute Gasteiger partial charge is 0.380 e. The minimum Gasteiger partial charge on any atom is -0.380 e. The molecule has 0 aromatic carbocycles. The van der Waals surface area contributed by atoms with Gasteiger partial charge in [-0.05, 0) is 44.4 Å². The van der Waals surface area contributed by atoms with E-state index in [0.29, 0.717) is 5.41 Å². The maximum atomic E-state index is 6.11. The molecule has 2 heterocycles. The fourth-order valence-corrected chi connectivity index (χ4v) is 4.88. The number of hydrogen-bond acceptors (Lipinski definition) is 3. The Balaban J connectivity index is 1.70. The van der Waals surface area contributed by atoms with Crippen LogP contribution in [0.25, 0.3) is 0 Å². The van der Waals surface area contributed by atoms with Gasteiger partial charge in [0.25, 0.3) is 0 Å². The van der Waals surface area contributed by atoms with E-state index in [4.69, 9.17) is 14.2 Å². The first-order chi connectivity index (χ1) is 9.66. The maximum absolute atomic E-state index is 6.11. The van der Waals surface area contributed by atoms with Crippen LogP contribution in [0.3, 0.4) is 0 Å². The number of hydrogen-bond donors (Lipinski definition) is 0. The van der Waals surface area contributed by atoms with Crippen LogP contribution in [0.1, 0.15) is 52.4 Å². The van der Waals surface area contributed by atoms with Gasteiger partial charge in [-0.2, -0.15) is 0 Å². The Morgan fingerprint density at radius 2 is 1.55 bits per heavy atom. The van der Waals surface area contributed by atoms with Crippen LogP contribution < -0.4 is 0 Å². The molecule has 0 atom stereocenters. The molecular formula is C17H30O3. The maximum Gasteiger partial charge on any atom is 0.0779 e. The molecule has 116 valence electrons. The Kier molecular flexibility index (Phi) is 3.89. The summed E-state index contributed by atoms with van der Waals surface area (Å²) in [6.45, 7) is 8.37. The zero-order chi connectivity index (χ0) is 14.3. The molecule has 1 aliphatic carbocycles. The van der Waals surface area contributed by atoms with Gasteiger partial charge in [-0.1, -0.05) is 13.8 Å². The Bertz CT molecular complexity index is 325. The van der Waals surface area contributed by atoms with Gasteiger partial charge in [0, 0.05) is 17.9 Å². The fourth-order valence-electron chi connectivity index (χ4n) is 4.88. The lowest BCUT2D eigenvalue weighted by Gasteiger charge is -2.59. The summed E-state index contributed by atoms with van der Waals surface area (Å²) in [6.07, 6.45) is 7.44. The second-order valence-electron chi connectivity index (χ2n) is 7.31. The van der Waals surface area contributed by atoms with E-state index in [2.05, 4.69) is 13.8 Å². The van der Waals surface area contributed by atoms with Crippen molar-refractivity contribution in [3.63, 3.8) is 0 Å². The van der Waals surface area contributed by atoms with Crippen molar-refractivity contribution in [3.05, 3.63) is 0 Å². The highest BCUT2D eigenvalue weighted by molar-refractivity contribution is 5.07. The van der Waals surface area contributed by atoms with Gasteiger partial charge in [0.05, 0.1) is 32.0 Å². The number of methoxy groups -OCH3 is 1. The second-order valence-corrected chi connectivity index (χ2v) is 7.31. The molecule has 0 spiro atoms. The Hall–Kier alpha value is -0.120. The summed E-state index contributed by atoms with van der Waals surface area (Å²) in [7, 11) is 1.91. The summed E-state index contributed by atoms with van der Waals surface area (Å²) in [4.78, 5) is 0. The third-order valence-corrected chi connectivity index (χ3v) is 6.93. The molecule has 0 unspecified atom stereocenters. The summed E-state index contributed by atoms with van der Waals surface area (Å²) >= 11 is 0. The molecule has 2 aliphatic heterocycles. The first-order valence-electron chi connectivity index (χ1n) is 8.36. The van der Waals surface area contributed by atoms with Crippen molar-refractivity contribution >= 4 is 0 Å². The van der Waals surface area contributed by atoms with Crippen LogP contribution in [0, 0.1) is 16.7 Å². The second kappa shape index (κ2) is 5.26. The van der Waals surface area contributed by atoms with Crippen LogP contribution in [-0.4, -0.2) is 39.1 Å². The summed E-state index contributed by atoms with van der Waals surface area (Å²) in [5.74, 6) is 0.833. The third-order valence-electron chi connectivity index (χ3n) is 6.93. The van der Waals surface area contributed by atoms with Gasteiger partial charge >= 0.3 is 0 Å². The molecule has 3 fully saturated rings. The van der Waals surface area contributed by atoms with Gasteiger partial charge in [-0.15, -0.1) is 0 Å². The van der Waals surface area contributed by atoms with E-state index in [9.17, 15) is 0 Å². The van der Waals surface area contributed by atoms with Crippen molar-refractivity contribution in [3.8, 4) is 0 Å². The zero-order valence-corrected chi connectivity index (χ0v) is 13.4. The zero-order valence-electron chi connectivity index (χ0n) is 13.4. The van der Waals surface area contributed by atoms with Gasteiger partial charge in [-0.3, -0.25) is 0 Å². The predicted molar refractivity (Wildman–Crippen MR) is 78.8 cm³/mol. The van der Waals surface area contributed by atoms with Gasteiger partial charge in [-0.25, -0.2) is 0 Å². The summed E-state index contributed by atoms with van der Waals surface area (Å²) < 4.78 is 17.2. The molecule has 3 nitrogen and oxygen atoms in total. The molecular weight excluding hydrogens is 252 g/mol. The van der Waals surface area contributed by atoms with E-state index in [0.717, 1.165) is 32.3 Å². The monoisotopic (exact) mass is 282 g/mol. The Labute approximate surface area is 123 Å². The molecule has 3 aliphatic rings. The third kappa shape index (κ3) is 1.89. The molecule has 3 rings (SSSR count). The van der Waals surface area contributed by atoms with E-state index >= 15 is 0 Å². The minimum absolute atomic E-state index is 0.0655. The highest BCUT2D eigenvalue weighted by Gasteiger charge is 2.58. The topological polar surface area (TPSA) is 27.7 Å². The van der Waals surface area contributed by atoms with Crippen molar-refractivity contribution < 1.29 is 14.2 Å². The van der Waals surface area contributed by atoms with Crippen molar-refractivity contribution in [1.82, 2.24) is 0 Å². The summed E-state index contributed by atoms with van der Waals surface area (Å²) in [5.41, 5.74) is 0.827. The smallest absolute Gasteiger partial charge is 0.0779 e. The Morgan fingerprint density at radius 3 is 1.85 bits per heavy atom. The average molecular weight is 282 g/mol. The summed E-state index contributed by atoms with van der Waals surface area (Å²) in [5, 5.41) is 0. The van der Waals surface area contributed by atoms with Gasteiger partial charge < -0.3 is 14.2 Å². The normalized spacial score (nSPS) is 38.9. The first-order valence-corrected chi connectivity index (χ1v) is 8.36. The van der Waals surface area contributed by atoms with Crippen LogP contribution in [0.2, 0.25) is 0 Å². The lowest BCUT2D eigenvalue weighted by Crippen LogP contribution is -2.62. The fraction of sp³-hybridized carbons (Fsp3) is 1.00. The average Bonchev–Trinajstić information content (AvgIpc) is 2.39. The van der Waals surface area contributed by atoms with Gasteiger partial charge in [0.15, 0.2) is 0 Å². The van der Waals surface area contributed by atoms with Crippen molar-refractivity contribution in [2.75, 3.05) is 33.5 Å². The standard InChI is InChI=1S/C17H30O3/c1-4-15(10-19-11-15)14-6-8-17(18-3,9-7-14)16(5-2)12-20-13-16/h14H,4-13H2,1-3H3. The lowest BCUT2D eigenvalue weighted by molar-refractivity contribution is -0.255. The van der Waals surface area contributed by atoms with Gasteiger partial charge in [0.2, 0.25) is 0 Å². The minimum atomic E-state index is 0.0655. The summed E-state index contributed by atoms with van der Waals surface area (Å²) in [6, 6.07) is 0. The first kappa shape index (κ1) is 14.8. The van der Waals surface area contributed by atoms with Crippen LogP contribution in [0.15, 0.2) is 0 Å². The molecule has 0 N–H and O–H groups in total. The number of rotatable bonds is 5. The molecule has 0 radical (unpaired) electrons. The van der Waals surface area contributed by atoms with E-state index < -0.39 is 0 Å². The number of ether oxygens (including phenoxy) is 3. The Morgan fingerprint density at radius 1 is 0.950 bits per heavy atom. The molecule has 0 aromatic heterocycles. The molecule has 0 amide bonds. The van der Waals surface area contributed by atoms with E-state index in [1.54, 1.807) is 0 Å². The van der Waals surface area contributed by atoms with E-state index in [1.807, 2.05) is 7.11 Å². The van der Waals surface area contributed by atoms with Crippen LogP contribution in [0.5, 0.6) is 0 Å². The molecule has 1 saturated carbocycles. The van der Waals surface area contributed by atoms with Gasteiger partial charge in [0.1, 0.15) is 0 Å². The van der Waals surface area contributed by atoms with E-state index in [-0.39, 0.29) is 11.0 Å².